The highest BCUT2D eigenvalue weighted by Gasteiger charge is 2.51. The number of likely N-dealkylation sites (N-methyl/N-ethyl adjacent to an activating group) is 1. The van der Waals surface area contributed by atoms with Crippen molar-refractivity contribution in [3.05, 3.63) is 71.5 Å². The molecule has 1 unspecified atom stereocenters. The van der Waals surface area contributed by atoms with E-state index in [0.29, 0.717) is 6.42 Å². The van der Waals surface area contributed by atoms with E-state index < -0.39 is 12.2 Å². The molecule has 0 aromatic heterocycles. The van der Waals surface area contributed by atoms with Gasteiger partial charge in [0.1, 0.15) is 18.0 Å². The second-order valence-corrected chi connectivity index (χ2v) is 10.2. The monoisotopic (exact) mass is 507 g/mol. The van der Waals surface area contributed by atoms with Crippen molar-refractivity contribution in [1.29, 1.82) is 0 Å². The molecule has 2 saturated heterocycles. The van der Waals surface area contributed by atoms with Gasteiger partial charge in [0.25, 0.3) is 0 Å². The topological polar surface area (TPSA) is 76.2 Å². The van der Waals surface area contributed by atoms with Gasteiger partial charge in [-0.25, -0.2) is 19.2 Å². The summed E-state index contributed by atoms with van der Waals surface area (Å²) in [7, 11) is 1.72. The highest BCUT2D eigenvalue weighted by Crippen LogP contribution is 2.32. The Morgan fingerprint density at radius 2 is 1.68 bits per heavy atom. The Labute approximate surface area is 217 Å². The highest BCUT2D eigenvalue weighted by molar-refractivity contribution is 5.91. The number of hydrazine groups is 1. The molecule has 3 aliphatic rings. The first-order chi connectivity index (χ1) is 17.9. The second kappa shape index (κ2) is 10.9. The molecule has 2 heterocycles. The lowest BCUT2D eigenvalue weighted by molar-refractivity contribution is -0.189. The normalized spacial score (nSPS) is 23.2. The lowest BCUT2D eigenvalue weighted by Crippen LogP contribution is -2.77. The number of rotatable bonds is 5. The lowest BCUT2D eigenvalue weighted by Gasteiger charge is -2.55. The van der Waals surface area contributed by atoms with E-state index in [0.717, 1.165) is 36.8 Å². The SMILES string of the molecule is CN1CC(=O)N2C(CN(C3CCCCC3)C(=O)[C@@H]2Cc2ccccc2)N1C(=O)NCc1ccc(F)cc1. The van der Waals surface area contributed by atoms with E-state index in [9.17, 15) is 18.8 Å². The molecule has 0 spiro atoms. The number of benzene rings is 2. The van der Waals surface area contributed by atoms with Crippen molar-refractivity contribution in [3.63, 3.8) is 0 Å². The van der Waals surface area contributed by atoms with Gasteiger partial charge in [-0.3, -0.25) is 9.59 Å². The Bertz CT molecular complexity index is 1120. The molecule has 5 rings (SSSR count). The number of hydrogen-bond acceptors (Lipinski definition) is 4. The van der Waals surface area contributed by atoms with Gasteiger partial charge in [0.05, 0.1) is 13.1 Å². The fourth-order valence-electron chi connectivity index (χ4n) is 5.88. The van der Waals surface area contributed by atoms with Crippen LogP contribution in [0.5, 0.6) is 0 Å². The van der Waals surface area contributed by atoms with Crippen molar-refractivity contribution in [2.45, 2.75) is 63.3 Å². The Hall–Kier alpha value is -3.46. The van der Waals surface area contributed by atoms with Gasteiger partial charge in [-0.15, -0.1) is 0 Å². The number of fused-ring (bicyclic) bond motifs is 1. The molecule has 9 heteroatoms. The zero-order chi connectivity index (χ0) is 25.9. The number of nitrogens with zero attached hydrogens (tertiary/aromatic N) is 4. The number of carbonyl (C=O) groups excluding carboxylic acids is 3. The summed E-state index contributed by atoms with van der Waals surface area (Å²) >= 11 is 0. The van der Waals surface area contributed by atoms with Crippen LogP contribution in [-0.2, 0) is 22.6 Å². The summed E-state index contributed by atoms with van der Waals surface area (Å²) in [6, 6.07) is 14.8. The predicted octanol–water partition coefficient (Wildman–Crippen LogP) is 3.14. The van der Waals surface area contributed by atoms with Gasteiger partial charge in [-0.1, -0.05) is 61.7 Å². The predicted molar refractivity (Wildman–Crippen MR) is 136 cm³/mol. The molecule has 1 saturated carbocycles. The maximum absolute atomic E-state index is 13.9. The fourth-order valence-corrected chi connectivity index (χ4v) is 5.88. The average molecular weight is 508 g/mol. The maximum atomic E-state index is 13.9. The van der Waals surface area contributed by atoms with Crippen LogP contribution in [0.15, 0.2) is 54.6 Å². The van der Waals surface area contributed by atoms with Gasteiger partial charge >= 0.3 is 6.03 Å². The van der Waals surface area contributed by atoms with E-state index in [1.54, 1.807) is 34.1 Å². The molecule has 2 aromatic carbocycles. The van der Waals surface area contributed by atoms with Crippen LogP contribution < -0.4 is 5.32 Å². The Balaban J connectivity index is 1.43. The third kappa shape index (κ3) is 5.32. The van der Waals surface area contributed by atoms with E-state index in [-0.39, 0.29) is 49.3 Å². The minimum Gasteiger partial charge on any atom is -0.334 e. The van der Waals surface area contributed by atoms with Crippen LogP contribution in [0, 0.1) is 5.82 Å². The van der Waals surface area contributed by atoms with E-state index in [1.807, 2.05) is 35.2 Å². The molecular formula is C28H34FN5O3. The molecule has 3 fully saturated rings. The quantitative estimate of drug-likeness (QED) is 0.675. The molecule has 196 valence electrons. The summed E-state index contributed by atoms with van der Waals surface area (Å²) in [4.78, 5) is 44.3. The van der Waals surface area contributed by atoms with Crippen LogP contribution in [0.25, 0.3) is 0 Å². The summed E-state index contributed by atoms with van der Waals surface area (Å²) < 4.78 is 13.3. The third-order valence-corrected chi connectivity index (χ3v) is 7.74. The van der Waals surface area contributed by atoms with E-state index in [1.165, 1.54) is 18.6 Å². The summed E-state index contributed by atoms with van der Waals surface area (Å²) in [6.07, 6.45) is 5.00. The van der Waals surface area contributed by atoms with Crippen molar-refractivity contribution in [1.82, 2.24) is 25.1 Å². The zero-order valence-electron chi connectivity index (χ0n) is 21.2. The molecule has 37 heavy (non-hydrogen) atoms. The molecule has 4 amide bonds. The molecule has 0 bridgehead atoms. The van der Waals surface area contributed by atoms with Gasteiger partial charge in [0.2, 0.25) is 11.8 Å². The van der Waals surface area contributed by atoms with Gasteiger partial charge < -0.3 is 15.1 Å². The van der Waals surface area contributed by atoms with Crippen LogP contribution in [-0.4, -0.2) is 76.0 Å². The van der Waals surface area contributed by atoms with E-state index in [2.05, 4.69) is 5.32 Å². The maximum Gasteiger partial charge on any atom is 0.334 e. The molecule has 0 radical (unpaired) electrons. The smallest absolute Gasteiger partial charge is 0.334 e. The van der Waals surface area contributed by atoms with Crippen molar-refractivity contribution in [2.24, 2.45) is 0 Å². The number of nitrogens with one attached hydrogen (secondary N) is 1. The number of amides is 4. The molecular weight excluding hydrogens is 473 g/mol. The third-order valence-electron chi connectivity index (χ3n) is 7.74. The fraction of sp³-hybridized carbons (Fsp3) is 0.464. The number of piperazine rings is 1. The molecule has 2 aromatic rings. The van der Waals surface area contributed by atoms with E-state index >= 15 is 0 Å². The number of urea groups is 1. The van der Waals surface area contributed by atoms with Crippen LogP contribution in [0.3, 0.4) is 0 Å². The first-order valence-corrected chi connectivity index (χ1v) is 13.1. The standard InChI is InChI=1S/C28H34FN5O3/c1-31-19-26(35)33-24(16-20-8-4-2-5-9-20)27(36)32(23-10-6-3-7-11-23)18-25(33)34(31)28(37)30-17-21-12-14-22(29)15-13-21/h2,4-5,8-9,12-15,23-25H,3,6-7,10-11,16-19H2,1H3,(H,30,37)/t24-,25?/m0/s1. The van der Waals surface area contributed by atoms with Crippen molar-refractivity contribution >= 4 is 17.8 Å². The summed E-state index contributed by atoms with van der Waals surface area (Å²) in [6.45, 7) is 0.514. The minimum absolute atomic E-state index is 0.00245. The van der Waals surface area contributed by atoms with Gasteiger partial charge in [0.15, 0.2) is 0 Å². The Morgan fingerprint density at radius 3 is 2.38 bits per heavy atom. The summed E-state index contributed by atoms with van der Waals surface area (Å²) in [5, 5.41) is 6.13. The first-order valence-electron chi connectivity index (χ1n) is 13.1. The molecule has 8 nitrogen and oxygen atoms in total. The van der Waals surface area contributed by atoms with Crippen molar-refractivity contribution in [2.75, 3.05) is 20.1 Å². The van der Waals surface area contributed by atoms with Crippen molar-refractivity contribution in [3.8, 4) is 0 Å². The largest absolute Gasteiger partial charge is 0.334 e. The minimum atomic E-state index is -0.670. The lowest BCUT2D eigenvalue weighted by atomic mass is 9.91. The van der Waals surface area contributed by atoms with Gasteiger partial charge in [-0.05, 0) is 36.1 Å². The number of hydrogen-bond donors (Lipinski definition) is 1. The van der Waals surface area contributed by atoms with E-state index in [4.69, 9.17) is 0 Å². The van der Waals surface area contributed by atoms with Crippen molar-refractivity contribution < 1.29 is 18.8 Å². The Kier molecular flexibility index (Phi) is 7.41. The number of carbonyl (C=O) groups is 3. The highest BCUT2D eigenvalue weighted by atomic mass is 19.1. The van der Waals surface area contributed by atoms with Crippen LogP contribution >= 0.6 is 0 Å². The zero-order valence-corrected chi connectivity index (χ0v) is 21.2. The molecule has 2 atom stereocenters. The molecule has 1 N–H and O–H groups in total. The first kappa shape index (κ1) is 25.2. The van der Waals surface area contributed by atoms with Crippen LogP contribution in [0.2, 0.25) is 0 Å². The van der Waals surface area contributed by atoms with Crippen LogP contribution in [0.4, 0.5) is 9.18 Å². The van der Waals surface area contributed by atoms with Gasteiger partial charge in [-0.2, -0.15) is 0 Å². The average Bonchev–Trinajstić information content (AvgIpc) is 2.90. The summed E-state index contributed by atoms with van der Waals surface area (Å²) in [5.74, 6) is -0.525. The van der Waals surface area contributed by atoms with Crippen LogP contribution in [0.1, 0.15) is 43.2 Å². The number of halogens is 1. The Morgan fingerprint density at radius 1 is 0.973 bits per heavy atom. The second-order valence-electron chi connectivity index (χ2n) is 10.2. The molecule has 1 aliphatic carbocycles. The van der Waals surface area contributed by atoms with Gasteiger partial charge in [0, 0.05) is 26.1 Å². The summed E-state index contributed by atoms with van der Waals surface area (Å²) in [5.41, 5.74) is 1.75. The molecule has 2 aliphatic heterocycles.